The maximum Gasteiger partial charge on any atom is 0.220 e. The maximum atomic E-state index is 11.1. The molecular formula is C10H16N2O4. The van der Waals surface area contributed by atoms with E-state index in [1.165, 1.54) is 0 Å². The van der Waals surface area contributed by atoms with Crippen LogP contribution in [-0.2, 0) is 19.2 Å². The second-order valence-corrected chi connectivity index (χ2v) is 3.26. The number of amides is 1. The van der Waals surface area contributed by atoms with Crippen LogP contribution in [0, 0.1) is 0 Å². The topological polar surface area (TPSA) is 106 Å². The molecule has 0 aliphatic heterocycles. The molecule has 0 heterocycles. The Morgan fingerprint density at radius 1 is 1.06 bits per heavy atom. The highest BCUT2D eigenvalue weighted by Crippen LogP contribution is 1.91. The fraction of sp³-hybridized carbons (Fsp3) is 0.600. The standard InChI is InChI=1S/C10H16N2O4/c11-6-8(14)3-4-10(16)12-7-9(15)2-1-5-13/h5H,1-4,6-7,11H2,(H,12,16). The van der Waals surface area contributed by atoms with Crippen LogP contribution in [0.4, 0.5) is 0 Å². The van der Waals surface area contributed by atoms with Crippen molar-refractivity contribution in [2.75, 3.05) is 13.1 Å². The van der Waals surface area contributed by atoms with E-state index >= 15 is 0 Å². The number of hydrogen-bond acceptors (Lipinski definition) is 5. The normalized spacial score (nSPS) is 9.56. The second-order valence-electron chi connectivity index (χ2n) is 3.26. The number of hydrogen-bond donors (Lipinski definition) is 2. The molecule has 0 aliphatic carbocycles. The van der Waals surface area contributed by atoms with Crippen molar-refractivity contribution in [3.05, 3.63) is 0 Å². The molecule has 0 rings (SSSR count). The van der Waals surface area contributed by atoms with Crippen LogP contribution in [-0.4, -0.2) is 36.8 Å². The zero-order valence-electron chi connectivity index (χ0n) is 9.03. The Balaban J connectivity index is 3.60. The summed E-state index contributed by atoms with van der Waals surface area (Å²) < 4.78 is 0. The minimum Gasteiger partial charge on any atom is -0.349 e. The van der Waals surface area contributed by atoms with E-state index in [0.29, 0.717) is 6.29 Å². The van der Waals surface area contributed by atoms with Gasteiger partial charge in [-0.15, -0.1) is 0 Å². The van der Waals surface area contributed by atoms with Crippen LogP contribution in [0.5, 0.6) is 0 Å². The van der Waals surface area contributed by atoms with Crippen LogP contribution in [0.25, 0.3) is 0 Å². The first-order valence-electron chi connectivity index (χ1n) is 5.04. The van der Waals surface area contributed by atoms with Gasteiger partial charge in [0, 0.05) is 25.7 Å². The highest BCUT2D eigenvalue weighted by Gasteiger charge is 2.07. The van der Waals surface area contributed by atoms with Crippen molar-refractivity contribution in [3.63, 3.8) is 0 Å². The molecule has 0 aromatic carbocycles. The first kappa shape index (κ1) is 14.4. The first-order valence-corrected chi connectivity index (χ1v) is 5.04. The molecule has 0 aromatic rings. The summed E-state index contributed by atoms with van der Waals surface area (Å²) in [7, 11) is 0. The molecule has 0 fully saturated rings. The van der Waals surface area contributed by atoms with Gasteiger partial charge < -0.3 is 15.8 Å². The number of aldehydes is 1. The molecule has 0 spiro atoms. The van der Waals surface area contributed by atoms with Gasteiger partial charge in [0.15, 0.2) is 5.78 Å². The van der Waals surface area contributed by atoms with Gasteiger partial charge in [-0.1, -0.05) is 0 Å². The monoisotopic (exact) mass is 228 g/mol. The molecule has 0 bridgehead atoms. The van der Waals surface area contributed by atoms with Crippen LogP contribution in [0.1, 0.15) is 25.7 Å². The van der Waals surface area contributed by atoms with E-state index in [9.17, 15) is 19.2 Å². The van der Waals surface area contributed by atoms with Crippen molar-refractivity contribution in [1.29, 1.82) is 0 Å². The zero-order chi connectivity index (χ0) is 12.4. The minimum absolute atomic E-state index is 0.0387. The van der Waals surface area contributed by atoms with Crippen molar-refractivity contribution in [2.45, 2.75) is 25.7 Å². The van der Waals surface area contributed by atoms with Gasteiger partial charge in [-0.05, 0) is 0 Å². The van der Waals surface area contributed by atoms with Crippen LogP contribution in [0.15, 0.2) is 0 Å². The molecule has 0 saturated heterocycles. The average Bonchev–Trinajstić information content (AvgIpc) is 2.30. The summed E-state index contributed by atoms with van der Waals surface area (Å²) in [5, 5.41) is 2.37. The van der Waals surface area contributed by atoms with Crippen molar-refractivity contribution in [2.24, 2.45) is 5.73 Å². The lowest BCUT2D eigenvalue weighted by atomic mass is 10.2. The van der Waals surface area contributed by atoms with Crippen LogP contribution < -0.4 is 11.1 Å². The highest BCUT2D eigenvalue weighted by molar-refractivity contribution is 5.89. The van der Waals surface area contributed by atoms with Gasteiger partial charge in [0.1, 0.15) is 12.1 Å². The average molecular weight is 228 g/mol. The molecule has 0 unspecified atom stereocenters. The van der Waals surface area contributed by atoms with Crippen molar-refractivity contribution in [1.82, 2.24) is 5.32 Å². The van der Waals surface area contributed by atoms with E-state index in [1.54, 1.807) is 0 Å². The molecular weight excluding hydrogens is 212 g/mol. The Labute approximate surface area is 93.6 Å². The lowest BCUT2D eigenvalue weighted by Crippen LogP contribution is -2.30. The number of carbonyl (C=O) groups is 4. The molecule has 6 nitrogen and oxygen atoms in total. The third kappa shape index (κ3) is 7.81. The van der Waals surface area contributed by atoms with Crippen LogP contribution in [0.3, 0.4) is 0 Å². The highest BCUT2D eigenvalue weighted by atomic mass is 16.2. The van der Waals surface area contributed by atoms with Crippen LogP contribution >= 0.6 is 0 Å². The molecule has 0 radical (unpaired) electrons. The molecule has 0 aliphatic rings. The number of nitrogens with one attached hydrogen (secondary N) is 1. The smallest absolute Gasteiger partial charge is 0.220 e. The van der Waals surface area contributed by atoms with Gasteiger partial charge in [-0.3, -0.25) is 14.4 Å². The molecule has 16 heavy (non-hydrogen) atoms. The lowest BCUT2D eigenvalue weighted by Gasteiger charge is -2.02. The number of rotatable bonds is 9. The molecule has 3 N–H and O–H groups in total. The predicted molar refractivity (Wildman–Crippen MR) is 56.6 cm³/mol. The summed E-state index contributed by atoms with van der Waals surface area (Å²) in [5.74, 6) is -0.755. The van der Waals surface area contributed by atoms with Gasteiger partial charge in [-0.2, -0.15) is 0 Å². The van der Waals surface area contributed by atoms with Gasteiger partial charge in [0.2, 0.25) is 5.91 Å². The SMILES string of the molecule is NCC(=O)CCC(=O)NCC(=O)CCC=O. The summed E-state index contributed by atoms with van der Waals surface area (Å²) in [5.41, 5.74) is 5.07. The number of Topliss-reactive ketones (excluding diaryl/α,β-unsaturated/α-hetero) is 2. The maximum absolute atomic E-state index is 11.1. The van der Waals surface area contributed by atoms with E-state index in [4.69, 9.17) is 5.73 Å². The Kier molecular flexibility index (Phi) is 7.87. The summed E-state index contributed by atoms with van der Waals surface area (Å²) in [4.78, 5) is 42.9. The Morgan fingerprint density at radius 2 is 1.75 bits per heavy atom. The first-order chi connectivity index (χ1) is 7.60. The summed E-state index contributed by atoms with van der Waals surface area (Å²) in [6.07, 6.45) is 1.08. The fourth-order valence-corrected chi connectivity index (χ4v) is 0.949. The van der Waals surface area contributed by atoms with Crippen molar-refractivity contribution >= 4 is 23.8 Å². The van der Waals surface area contributed by atoms with E-state index in [2.05, 4.69) is 5.32 Å². The third-order valence-corrected chi connectivity index (χ3v) is 1.88. The molecule has 6 heteroatoms. The molecule has 0 saturated carbocycles. The predicted octanol–water partition coefficient (Wildman–Crippen LogP) is -1.04. The number of nitrogens with two attached hydrogens (primary N) is 1. The molecule has 90 valence electrons. The van der Waals surface area contributed by atoms with E-state index in [0.717, 1.165) is 0 Å². The van der Waals surface area contributed by atoms with Gasteiger partial charge in [0.05, 0.1) is 13.1 Å². The fourth-order valence-electron chi connectivity index (χ4n) is 0.949. The lowest BCUT2D eigenvalue weighted by molar-refractivity contribution is -0.127. The Hall–Kier alpha value is -1.56. The van der Waals surface area contributed by atoms with Gasteiger partial charge in [0.25, 0.3) is 0 Å². The Bertz CT molecular complexity index is 276. The van der Waals surface area contributed by atoms with Gasteiger partial charge >= 0.3 is 0 Å². The molecule has 0 atom stereocenters. The molecule has 1 amide bonds. The zero-order valence-corrected chi connectivity index (χ0v) is 9.03. The van der Waals surface area contributed by atoms with E-state index < -0.39 is 0 Å². The largest absolute Gasteiger partial charge is 0.349 e. The second kappa shape index (κ2) is 8.72. The number of carbonyl (C=O) groups excluding carboxylic acids is 4. The quantitative estimate of drug-likeness (QED) is 0.490. The third-order valence-electron chi connectivity index (χ3n) is 1.88. The summed E-state index contributed by atoms with van der Waals surface area (Å²) in [6, 6.07) is 0. The number of ketones is 2. The minimum atomic E-state index is -0.360. The Morgan fingerprint density at radius 3 is 2.31 bits per heavy atom. The summed E-state index contributed by atoms with van der Waals surface area (Å²) >= 11 is 0. The molecule has 0 aromatic heterocycles. The van der Waals surface area contributed by atoms with E-state index in [1.807, 2.05) is 0 Å². The summed E-state index contributed by atoms with van der Waals surface area (Å²) in [6.45, 7) is -0.172. The van der Waals surface area contributed by atoms with Crippen molar-refractivity contribution < 1.29 is 19.2 Å². The van der Waals surface area contributed by atoms with Crippen LogP contribution in [0.2, 0.25) is 0 Å². The van der Waals surface area contributed by atoms with E-state index in [-0.39, 0.29) is 56.2 Å². The van der Waals surface area contributed by atoms with Gasteiger partial charge in [-0.25, -0.2) is 0 Å². The van der Waals surface area contributed by atoms with Crippen molar-refractivity contribution in [3.8, 4) is 0 Å².